The van der Waals surface area contributed by atoms with E-state index in [4.69, 9.17) is 13.9 Å². The average Bonchev–Trinajstić information content (AvgIpc) is 3.38. The first-order chi connectivity index (χ1) is 14.5. The lowest BCUT2D eigenvalue weighted by Crippen LogP contribution is -2.27. The second kappa shape index (κ2) is 8.50. The molecule has 8 nitrogen and oxygen atoms in total. The molecule has 0 aliphatic heterocycles. The van der Waals surface area contributed by atoms with E-state index in [0.29, 0.717) is 24.0 Å². The van der Waals surface area contributed by atoms with Crippen LogP contribution in [0.2, 0.25) is 0 Å². The van der Waals surface area contributed by atoms with Crippen LogP contribution in [0.1, 0.15) is 10.9 Å². The third kappa shape index (κ3) is 4.25. The van der Waals surface area contributed by atoms with Gasteiger partial charge in [-0.25, -0.2) is 4.98 Å². The summed E-state index contributed by atoms with van der Waals surface area (Å²) in [5, 5.41) is 9.14. The van der Waals surface area contributed by atoms with Crippen molar-refractivity contribution in [2.75, 3.05) is 27.8 Å². The Morgan fingerprint density at radius 1 is 1.13 bits per heavy atom. The highest BCUT2D eigenvalue weighted by Gasteiger charge is 2.14. The quantitative estimate of drug-likeness (QED) is 0.449. The maximum atomic E-state index is 11.6. The summed E-state index contributed by atoms with van der Waals surface area (Å²) < 4.78 is 17.7. The molecule has 0 atom stereocenters. The van der Waals surface area contributed by atoms with Gasteiger partial charge >= 0.3 is 0 Å². The van der Waals surface area contributed by atoms with Gasteiger partial charge in [0.2, 0.25) is 11.8 Å². The zero-order chi connectivity index (χ0) is 21.1. The summed E-state index contributed by atoms with van der Waals surface area (Å²) in [5.74, 6) is 2.14. The summed E-state index contributed by atoms with van der Waals surface area (Å²) in [5.41, 5.74) is 1.61. The highest BCUT2D eigenvalue weighted by molar-refractivity contribution is 7.18. The van der Waals surface area contributed by atoms with Gasteiger partial charge in [0.1, 0.15) is 22.0 Å². The molecule has 0 saturated carbocycles. The van der Waals surface area contributed by atoms with Crippen molar-refractivity contribution in [2.45, 2.75) is 6.42 Å². The van der Waals surface area contributed by atoms with Gasteiger partial charge in [-0.05, 0) is 36.4 Å². The first kappa shape index (κ1) is 19.8. The topological polar surface area (TPSA) is 90.6 Å². The molecule has 0 aliphatic rings. The minimum atomic E-state index is -0.104. The van der Waals surface area contributed by atoms with Gasteiger partial charge in [-0.1, -0.05) is 6.07 Å². The van der Waals surface area contributed by atoms with Crippen LogP contribution in [-0.2, 0) is 11.2 Å². The van der Waals surface area contributed by atoms with Crippen LogP contribution < -0.4 is 9.47 Å². The van der Waals surface area contributed by atoms with Crippen molar-refractivity contribution in [1.29, 1.82) is 0 Å². The molecule has 0 radical (unpaired) electrons. The molecule has 0 bridgehead atoms. The largest absolute Gasteiger partial charge is 0.494 e. The number of likely N-dealkylation sites (N-methyl/N-ethyl adjacent to an activating group) is 1. The number of rotatable bonds is 7. The summed E-state index contributed by atoms with van der Waals surface area (Å²) in [6.45, 7) is -0.00992. The van der Waals surface area contributed by atoms with Crippen LogP contribution in [0.25, 0.3) is 21.7 Å². The highest BCUT2D eigenvalue weighted by Crippen LogP contribution is 2.31. The maximum Gasteiger partial charge on any atom is 0.259 e. The van der Waals surface area contributed by atoms with Crippen molar-refractivity contribution in [3.05, 3.63) is 53.4 Å². The summed E-state index contributed by atoms with van der Waals surface area (Å²) in [7, 11) is 5.01. The maximum absolute atomic E-state index is 11.6. The Kier molecular flexibility index (Phi) is 5.62. The Bertz CT molecular complexity index is 1170. The molecular formula is C21H20N4O4S. The fourth-order valence-electron chi connectivity index (χ4n) is 2.75. The minimum Gasteiger partial charge on any atom is -0.494 e. The number of aromatic nitrogens is 3. The fraction of sp³-hybridized carbons (Fsp3) is 0.238. The van der Waals surface area contributed by atoms with Crippen LogP contribution in [-0.4, -0.2) is 53.8 Å². The zero-order valence-corrected chi connectivity index (χ0v) is 17.6. The molecule has 2 aromatic heterocycles. The van der Waals surface area contributed by atoms with E-state index in [1.807, 2.05) is 30.3 Å². The van der Waals surface area contributed by atoms with Crippen molar-refractivity contribution >= 4 is 27.5 Å². The number of ether oxygens (including phenoxy) is 2. The van der Waals surface area contributed by atoms with Crippen LogP contribution in [0.5, 0.6) is 11.5 Å². The molecule has 0 spiro atoms. The number of thiazole rings is 1. The average molecular weight is 424 g/mol. The predicted octanol–water partition coefficient (Wildman–Crippen LogP) is 3.41. The van der Waals surface area contributed by atoms with E-state index >= 15 is 0 Å². The third-order valence-corrected chi connectivity index (χ3v) is 5.40. The Morgan fingerprint density at radius 3 is 2.67 bits per heavy atom. The minimum absolute atomic E-state index is 0.00992. The lowest BCUT2D eigenvalue weighted by molar-refractivity contribution is -0.130. The smallest absolute Gasteiger partial charge is 0.259 e. The molecule has 0 saturated heterocycles. The summed E-state index contributed by atoms with van der Waals surface area (Å²) in [4.78, 5) is 17.7. The Hall–Kier alpha value is -3.46. The lowest BCUT2D eigenvalue weighted by Gasteiger charge is -2.11. The number of hydrogen-bond donors (Lipinski definition) is 0. The van der Waals surface area contributed by atoms with Gasteiger partial charge in [0, 0.05) is 19.7 Å². The van der Waals surface area contributed by atoms with Crippen LogP contribution in [0.3, 0.4) is 0 Å². The Morgan fingerprint density at radius 2 is 1.93 bits per heavy atom. The van der Waals surface area contributed by atoms with E-state index in [9.17, 15) is 4.79 Å². The van der Waals surface area contributed by atoms with Crippen LogP contribution in [0.15, 0.2) is 46.9 Å². The molecule has 4 rings (SSSR count). The fourth-order valence-corrected chi connectivity index (χ4v) is 3.72. The van der Waals surface area contributed by atoms with Gasteiger partial charge in [-0.2, -0.15) is 0 Å². The monoisotopic (exact) mass is 424 g/mol. The van der Waals surface area contributed by atoms with Gasteiger partial charge in [0.15, 0.2) is 6.61 Å². The molecule has 4 aromatic rings. The molecule has 30 heavy (non-hydrogen) atoms. The number of para-hydroxylation sites is 1. The van der Waals surface area contributed by atoms with Crippen LogP contribution in [0, 0.1) is 0 Å². The lowest BCUT2D eigenvalue weighted by atomic mass is 10.2. The number of fused-ring (bicyclic) bond motifs is 1. The third-order valence-electron chi connectivity index (χ3n) is 4.38. The SMILES string of the molecule is COc1cccc2sc(Cc3nnc(-c4ccc(OCC(=O)N(C)C)cc4)o3)nc12. The van der Waals surface area contributed by atoms with E-state index in [-0.39, 0.29) is 12.5 Å². The highest BCUT2D eigenvalue weighted by atomic mass is 32.1. The van der Waals surface area contributed by atoms with E-state index in [1.54, 1.807) is 44.7 Å². The number of nitrogens with zero attached hydrogens (tertiary/aromatic N) is 4. The van der Waals surface area contributed by atoms with Crippen molar-refractivity contribution < 1.29 is 18.7 Å². The van der Waals surface area contributed by atoms with Crippen LogP contribution in [0.4, 0.5) is 0 Å². The van der Waals surface area contributed by atoms with Crippen LogP contribution >= 0.6 is 11.3 Å². The first-order valence-corrected chi connectivity index (χ1v) is 10.0. The molecule has 0 fully saturated rings. The zero-order valence-electron chi connectivity index (χ0n) is 16.8. The predicted molar refractivity (Wildman–Crippen MR) is 113 cm³/mol. The molecular weight excluding hydrogens is 404 g/mol. The van der Waals surface area contributed by atoms with E-state index in [0.717, 1.165) is 26.5 Å². The standard InChI is InChI=1S/C21H20N4O4S/c1-25(2)19(26)12-28-14-9-7-13(8-10-14)21-24-23-17(29-21)11-18-22-20-15(27-3)5-4-6-16(20)30-18/h4-10H,11-12H2,1-3H3. The van der Waals surface area contributed by atoms with E-state index < -0.39 is 0 Å². The molecule has 1 amide bonds. The summed E-state index contributed by atoms with van der Waals surface area (Å²) >= 11 is 1.57. The van der Waals surface area contributed by atoms with Gasteiger partial charge in [-0.15, -0.1) is 21.5 Å². The van der Waals surface area contributed by atoms with Gasteiger partial charge in [0.05, 0.1) is 18.2 Å². The molecule has 0 N–H and O–H groups in total. The van der Waals surface area contributed by atoms with Crippen molar-refractivity contribution in [1.82, 2.24) is 20.1 Å². The second-order valence-electron chi connectivity index (χ2n) is 6.69. The summed E-state index contributed by atoms with van der Waals surface area (Å²) in [6, 6.07) is 13.0. The van der Waals surface area contributed by atoms with Gasteiger partial charge in [0.25, 0.3) is 5.91 Å². The number of hydrogen-bond acceptors (Lipinski definition) is 8. The normalized spacial score (nSPS) is 10.9. The van der Waals surface area contributed by atoms with Crippen molar-refractivity contribution in [3.63, 3.8) is 0 Å². The second-order valence-corrected chi connectivity index (χ2v) is 7.81. The van der Waals surface area contributed by atoms with Gasteiger partial charge < -0.3 is 18.8 Å². The number of carbonyl (C=O) groups is 1. The Labute approximate surface area is 177 Å². The molecule has 0 aliphatic carbocycles. The summed E-state index contributed by atoms with van der Waals surface area (Å²) in [6.07, 6.45) is 0.448. The van der Waals surface area contributed by atoms with E-state index in [2.05, 4.69) is 15.2 Å². The molecule has 154 valence electrons. The van der Waals surface area contributed by atoms with Crippen molar-refractivity contribution in [3.8, 4) is 23.0 Å². The molecule has 0 unspecified atom stereocenters. The molecule has 9 heteroatoms. The van der Waals surface area contributed by atoms with E-state index in [1.165, 1.54) is 4.90 Å². The number of methoxy groups -OCH3 is 1. The van der Waals surface area contributed by atoms with Crippen molar-refractivity contribution in [2.24, 2.45) is 0 Å². The molecule has 2 heterocycles. The number of amides is 1. The van der Waals surface area contributed by atoms with Gasteiger partial charge in [-0.3, -0.25) is 4.79 Å². The Balaban J connectivity index is 1.44. The first-order valence-electron chi connectivity index (χ1n) is 9.21. The number of benzene rings is 2. The molecule has 2 aromatic carbocycles. The number of carbonyl (C=O) groups excluding carboxylic acids is 1.